The van der Waals surface area contributed by atoms with E-state index in [-0.39, 0.29) is 5.75 Å². The van der Waals surface area contributed by atoms with Gasteiger partial charge in [-0.1, -0.05) is 13.0 Å². The highest BCUT2D eigenvalue weighted by molar-refractivity contribution is 6.15. The number of aldehydes is 1. The minimum absolute atomic E-state index is 0.0153. The molecule has 0 aliphatic carbocycles. The second kappa shape index (κ2) is 6.28. The minimum Gasteiger partial charge on any atom is -0.507 e. The number of rotatable bonds is 4. The van der Waals surface area contributed by atoms with E-state index in [1.807, 2.05) is 6.92 Å². The summed E-state index contributed by atoms with van der Waals surface area (Å²) in [6.45, 7) is 4.45. The van der Waals surface area contributed by atoms with Gasteiger partial charge in [-0.3, -0.25) is 9.79 Å². The van der Waals surface area contributed by atoms with Crippen molar-refractivity contribution in [2.75, 3.05) is 6.54 Å². The third kappa shape index (κ3) is 2.58. The molecule has 5 nitrogen and oxygen atoms in total. The summed E-state index contributed by atoms with van der Waals surface area (Å²) in [5, 5.41) is 12.2. The second-order valence-corrected chi connectivity index (χ2v) is 5.67. The molecule has 24 heavy (non-hydrogen) atoms. The standard InChI is InChI=1S/C19H17NO4/c1-3-6-20-9-12-8-13(10-21)17-15(18(12)23)5-4-14-11(2)7-16(22)24-19(14)17/h4-5,7-10,23H,3,6H2,1-2H3. The molecule has 3 aromatic rings. The lowest BCUT2D eigenvalue weighted by Crippen LogP contribution is -2.00. The van der Waals surface area contributed by atoms with Crippen molar-refractivity contribution in [3.8, 4) is 5.75 Å². The Morgan fingerprint density at radius 2 is 1.96 bits per heavy atom. The Bertz CT molecular complexity index is 1030. The molecule has 2 aromatic carbocycles. The fourth-order valence-electron chi connectivity index (χ4n) is 2.81. The first-order valence-corrected chi connectivity index (χ1v) is 7.75. The van der Waals surface area contributed by atoms with E-state index >= 15 is 0 Å². The molecule has 0 saturated heterocycles. The van der Waals surface area contributed by atoms with Gasteiger partial charge in [0.15, 0.2) is 6.29 Å². The summed E-state index contributed by atoms with van der Waals surface area (Å²) in [7, 11) is 0. The molecule has 1 heterocycles. The second-order valence-electron chi connectivity index (χ2n) is 5.67. The first-order valence-electron chi connectivity index (χ1n) is 7.75. The van der Waals surface area contributed by atoms with Crippen molar-refractivity contribution in [3.05, 3.63) is 51.4 Å². The van der Waals surface area contributed by atoms with E-state index in [0.717, 1.165) is 17.4 Å². The van der Waals surface area contributed by atoms with Crippen LogP contribution in [0.1, 0.15) is 34.8 Å². The van der Waals surface area contributed by atoms with Crippen LogP contribution >= 0.6 is 0 Å². The van der Waals surface area contributed by atoms with Gasteiger partial charge in [0.1, 0.15) is 11.3 Å². The SMILES string of the molecule is CCCN=Cc1cc(C=O)c2c(ccc3c(C)cc(=O)oc32)c1O. The predicted molar refractivity (Wildman–Crippen MR) is 94.5 cm³/mol. The lowest BCUT2D eigenvalue weighted by atomic mass is 9.97. The van der Waals surface area contributed by atoms with Crippen LogP contribution in [0.4, 0.5) is 0 Å². The molecule has 0 atom stereocenters. The number of benzene rings is 2. The van der Waals surface area contributed by atoms with E-state index < -0.39 is 5.63 Å². The first kappa shape index (κ1) is 15.9. The molecule has 0 unspecified atom stereocenters. The quantitative estimate of drug-likeness (QED) is 0.344. The third-order valence-corrected chi connectivity index (χ3v) is 3.96. The van der Waals surface area contributed by atoms with E-state index in [1.54, 1.807) is 31.3 Å². The number of hydrogen-bond acceptors (Lipinski definition) is 5. The average molecular weight is 323 g/mol. The highest BCUT2D eigenvalue weighted by atomic mass is 16.4. The zero-order chi connectivity index (χ0) is 17.3. The molecule has 0 spiro atoms. The predicted octanol–water partition coefficient (Wildman–Crippen LogP) is 3.60. The van der Waals surface area contributed by atoms with E-state index in [0.29, 0.717) is 40.3 Å². The average Bonchev–Trinajstić information content (AvgIpc) is 2.56. The number of phenolic OH excluding ortho intramolecular Hbond substituents is 1. The van der Waals surface area contributed by atoms with Gasteiger partial charge in [0.2, 0.25) is 0 Å². The largest absolute Gasteiger partial charge is 0.507 e. The van der Waals surface area contributed by atoms with Crippen LogP contribution in [0.2, 0.25) is 0 Å². The third-order valence-electron chi connectivity index (χ3n) is 3.96. The molecule has 1 aromatic heterocycles. The smallest absolute Gasteiger partial charge is 0.336 e. The Balaban J connectivity index is 2.42. The molecule has 0 aliphatic heterocycles. The van der Waals surface area contributed by atoms with Crippen LogP contribution in [0.15, 0.2) is 38.5 Å². The van der Waals surface area contributed by atoms with Crippen molar-refractivity contribution in [1.29, 1.82) is 0 Å². The van der Waals surface area contributed by atoms with Crippen LogP contribution in [-0.2, 0) is 0 Å². The highest BCUT2D eigenvalue weighted by Crippen LogP contribution is 2.35. The van der Waals surface area contributed by atoms with E-state index in [9.17, 15) is 14.7 Å². The molecular formula is C19H17NO4. The molecule has 0 amide bonds. The van der Waals surface area contributed by atoms with Crippen LogP contribution in [0.3, 0.4) is 0 Å². The number of hydrogen-bond donors (Lipinski definition) is 1. The summed E-state index contributed by atoms with van der Waals surface area (Å²) in [5.74, 6) is 0.0153. The number of carbonyl (C=O) groups excluding carboxylic acids is 1. The van der Waals surface area contributed by atoms with Gasteiger partial charge in [0, 0.05) is 46.1 Å². The maximum absolute atomic E-state index is 11.7. The normalized spacial score (nSPS) is 11.6. The number of carbonyl (C=O) groups is 1. The first-order chi connectivity index (χ1) is 11.6. The number of aromatic hydroxyl groups is 1. The Labute approximate surface area is 138 Å². The van der Waals surface area contributed by atoms with Crippen molar-refractivity contribution in [1.82, 2.24) is 0 Å². The molecule has 0 fully saturated rings. The van der Waals surface area contributed by atoms with Gasteiger partial charge in [-0.15, -0.1) is 0 Å². The van der Waals surface area contributed by atoms with Crippen LogP contribution in [0.5, 0.6) is 5.75 Å². The maximum Gasteiger partial charge on any atom is 0.336 e. The Morgan fingerprint density at radius 3 is 2.67 bits per heavy atom. The van der Waals surface area contributed by atoms with Gasteiger partial charge in [0.25, 0.3) is 0 Å². The topological polar surface area (TPSA) is 79.9 Å². The van der Waals surface area contributed by atoms with E-state index in [4.69, 9.17) is 4.42 Å². The van der Waals surface area contributed by atoms with Gasteiger partial charge in [-0.05, 0) is 31.0 Å². The fourth-order valence-corrected chi connectivity index (χ4v) is 2.81. The fraction of sp³-hybridized carbons (Fsp3) is 0.211. The maximum atomic E-state index is 11.7. The zero-order valence-corrected chi connectivity index (χ0v) is 13.5. The summed E-state index contributed by atoms with van der Waals surface area (Å²) in [6, 6.07) is 6.47. The van der Waals surface area contributed by atoms with Crippen molar-refractivity contribution in [3.63, 3.8) is 0 Å². The van der Waals surface area contributed by atoms with Crippen LogP contribution < -0.4 is 5.63 Å². The summed E-state index contributed by atoms with van der Waals surface area (Å²) in [4.78, 5) is 27.5. The molecule has 0 bridgehead atoms. The van der Waals surface area contributed by atoms with E-state index in [1.165, 1.54) is 6.07 Å². The van der Waals surface area contributed by atoms with Crippen molar-refractivity contribution in [2.45, 2.75) is 20.3 Å². The van der Waals surface area contributed by atoms with Gasteiger partial charge in [-0.25, -0.2) is 4.79 Å². The highest BCUT2D eigenvalue weighted by Gasteiger charge is 2.15. The number of phenols is 1. The molecular weight excluding hydrogens is 306 g/mol. The van der Waals surface area contributed by atoms with Crippen molar-refractivity contribution in [2.24, 2.45) is 4.99 Å². The lowest BCUT2D eigenvalue weighted by molar-refractivity contribution is 0.112. The number of fused-ring (bicyclic) bond motifs is 3. The number of aryl methyl sites for hydroxylation is 1. The summed E-state index contributed by atoms with van der Waals surface area (Å²) in [6.07, 6.45) is 3.14. The van der Waals surface area contributed by atoms with Gasteiger partial charge >= 0.3 is 5.63 Å². The minimum atomic E-state index is -0.488. The molecule has 0 saturated carbocycles. The van der Waals surface area contributed by atoms with Crippen LogP contribution in [-0.4, -0.2) is 24.2 Å². The molecule has 122 valence electrons. The summed E-state index contributed by atoms with van der Waals surface area (Å²) in [5.41, 5.74) is 1.39. The van der Waals surface area contributed by atoms with Gasteiger partial charge in [0.05, 0.1) is 0 Å². The molecule has 5 heteroatoms. The molecule has 1 N–H and O–H groups in total. The monoisotopic (exact) mass is 323 g/mol. The molecule has 3 rings (SSSR count). The number of aliphatic imine (C=N–C) groups is 1. The number of nitrogens with zero attached hydrogens (tertiary/aromatic N) is 1. The van der Waals surface area contributed by atoms with Gasteiger partial charge in [-0.2, -0.15) is 0 Å². The molecule has 0 aliphatic rings. The van der Waals surface area contributed by atoms with Crippen LogP contribution in [0, 0.1) is 6.92 Å². The lowest BCUT2D eigenvalue weighted by Gasteiger charge is -2.10. The van der Waals surface area contributed by atoms with Crippen LogP contribution in [0.25, 0.3) is 21.7 Å². The van der Waals surface area contributed by atoms with Gasteiger partial charge < -0.3 is 9.52 Å². The van der Waals surface area contributed by atoms with E-state index in [2.05, 4.69) is 4.99 Å². The van der Waals surface area contributed by atoms with Crippen molar-refractivity contribution < 1.29 is 14.3 Å². The zero-order valence-electron chi connectivity index (χ0n) is 13.5. The Kier molecular flexibility index (Phi) is 4.16. The van der Waals surface area contributed by atoms with Crippen molar-refractivity contribution >= 4 is 34.2 Å². The Hall–Kier alpha value is -2.95. The molecule has 0 radical (unpaired) electrons. The summed E-state index contributed by atoms with van der Waals surface area (Å²) >= 11 is 0. The Morgan fingerprint density at radius 1 is 1.21 bits per heavy atom. The summed E-state index contributed by atoms with van der Waals surface area (Å²) < 4.78 is 5.33.